The lowest BCUT2D eigenvalue weighted by Gasteiger charge is -2.37. The van der Waals surface area contributed by atoms with Crippen LogP contribution in [0.2, 0.25) is 10.0 Å². The van der Waals surface area contributed by atoms with Gasteiger partial charge in [-0.3, -0.25) is 14.5 Å². The van der Waals surface area contributed by atoms with Gasteiger partial charge in [0.1, 0.15) is 0 Å². The summed E-state index contributed by atoms with van der Waals surface area (Å²) in [7, 11) is 0. The lowest BCUT2D eigenvalue weighted by molar-refractivity contribution is -0.152. The van der Waals surface area contributed by atoms with E-state index in [1.807, 2.05) is 30.0 Å². The van der Waals surface area contributed by atoms with E-state index in [0.29, 0.717) is 49.1 Å². The van der Waals surface area contributed by atoms with Crippen LogP contribution in [-0.4, -0.2) is 54.5 Å². The van der Waals surface area contributed by atoms with E-state index >= 15 is 0 Å². The minimum absolute atomic E-state index is 0.00541. The maximum absolute atomic E-state index is 13.0. The topological polar surface area (TPSA) is 49.9 Å². The number of amides is 1. The Labute approximate surface area is 176 Å². The van der Waals surface area contributed by atoms with Gasteiger partial charge >= 0.3 is 5.97 Å². The number of likely N-dealkylation sites (tertiary alicyclic amines) is 2. The van der Waals surface area contributed by atoms with E-state index in [9.17, 15) is 9.59 Å². The number of halogens is 2. The molecule has 0 aromatic heterocycles. The van der Waals surface area contributed by atoms with Crippen molar-refractivity contribution in [3.8, 4) is 0 Å². The van der Waals surface area contributed by atoms with E-state index < -0.39 is 0 Å². The summed E-state index contributed by atoms with van der Waals surface area (Å²) in [5, 5.41) is 1.34. The van der Waals surface area contributed by atoms with Gasteiger partial charge < -0.3 is 9.64 Å². The van der Waals surface area contributed by atoms with Crippen LogP contribution in [-0.2, 0) is 20.9 Å². The second-order valence-electron chi connectivity index (χ2n) is 7.63. The third kappa shape index (κ3) is 5.19. The molecule has 0 spiro atoms. The highest BCUT2D eigenvalue weighted by Gasteiger charge is 2.33. The quantitative estimate of drug-likeness (QED) is 0.667. The first kappa shape index (κ1) is 21.4. The zero-order valence-electron chi connectivity index (χ0n) is 16.3. The Kier molecular flexibility index (Phi) is 7.61. The van der Waals surface area contributed by atoms with Crippen molar-refractivity contribution in [2.24, 2.45) is 11.8 Å². The highest BCUT2D eigenvalue weighted by Crippen LogP contribution is 2.29. The van der Waals surface area contributed by atoms with Crippen LogP contribution in [0.1, 0.15) is 38.2 Å². The molecule has 2 heterocycles. The standard InChI is InChI=1S/C21H28Cl2N2O3/c1-2-28-21(27)15-8-11-25(12-9-15)20(26)16-5-4-10-24(13-16)14-17-18(22)6-3-7-19(17)23/h3,6-7,15-16H,2,4-5,8-14H2,1H3. The van der Waals surface area contributed by atoms with Gasteiger partial charge in [0.15, 0.2) is 0 Å². The van der Waals surface area contributed by atoms with Gasteiger partial charge in [0.2, 0.25) is 5.91 Å². The number of esters is 1. The molecule has 5 nitrogen and oxygen atoms in total. The molecule has 2 aliphatic heterocycles. The smallest absolute Gasteiger partial charge is 0.309 e. The molecule has 1 amide bonds. The third-order valence-corrected chi connectivity index (χ3v) is 6.43. The largest absolute Gasteiger partial charge is 0.466 e. The number of nitrogens with zero attached hydrogens (tertiary/aromatic N) is 2. The van der Waals surface area contributed by atoms with Crippen molar-refractivity contribution in [1.29, 1.82) is 0 Å². The van der Waals surface area contributed by atoms with E-state index in [0.717, 1.165) is 31.5 Å². The van der Waals surface area contributed by atoms with Gasteiger partial charge in [0.05, 0.1) is 18.4 Å². The molecule has 28 heavy (non-hydrogen) atoms. The molecular weight excluding hydrogens is 399 g/mol. The fourth-order valence-corrected chi connectivity index (χ4v) is 4.68. The number of hydrogen-bond acceptors (Lipinski definition) is 4. The lowest BCUT2D eigenvalue weighted by atomic mass is 9.92. The molecule has 2 fully saturated rings. The Hall–Kier alpha value is -1.30. The minimum Gasteiger partial charge on any atom is -0.466 e. The first-order valence-electron chi connectivity index (χ1n) is 10.1. The van der Waals surface area contributed by atoms with Crippen molar-refractivity contribution >= 4 is 35.1 Å². The Morgan fingerprint density at radius 3 is 2.39 bits per heavy atom. The highest BCUT2D eigenvalue weighted by molar-refractivity contribution is 6.35. The number of ether oxygens (including phenoxy) is 1. The van der Waals surface area contributed by atoms with Gasteiger partial charge in [-0.2, -0.15) is 0 Å². The van der Waals surface area contributed by atoms with E-state index in [-0.39, 0.29) is 23.7 Å². The molecule has 154 valence electrons. The maximum Gasteiger partial charge on any atom is 0.309 e. The Morgan fingerprint density at radius 1 is 1.07 bits per heavy atom. The normalized spacial score (nSPS) is 21.5. The summed E-state index contributed by atoms with van der Waals surface area (Å²) in [6.45, 7) is 5.82. The number of carbonyl (C=O) groups is 2. The lowest BCUT2D eigenvalue weighted by Crippen LogP contribution is -2.47. The monoisotopic (exact) mass is 426 g/mol. The summed E-state index contributed by atoms with van der Waals surface area (Å²) in [4.78, 5) is 29.1. The summed E-state index contributed by atoms with van der Waals surface area (Å²) in [6.07, 6.45) is 3.27. The van der Waals surface area contributed by atoms with Crippen molar-refractivity contribution < 1.29 is 14.3 Å². The number of piperidine rings is 2. The first-order valence-corrected chi connectivity index (χ1v) is 10.9. The number of carbonyl (C=O) groups excluding carboxylic acids is 2. The van der Waals surface area contributed by atoms with Crippen LogP contribution in [0, 0.1) is 11.8 Å². The molecule has 0 aliphatic carbocycles. The summed E-state index contributed by atoms with van der Waals surface area (Å²) >= 11 is 12.6. The second kappa shape index (κ2) is 9.95. The molecule has 7 heteroatoms. The van der Waals surface area contributed by atoms with E-state index in [4.69, 9.17) is 27.9 Å². The number of benzene rings is 1. The van der Waals surface area contributed by atoms with Crippen LogP contribution < -0.4 is 0 Å². The molecule has 2 aliphatic rings. The van der Waals surface area contributed by atoms with Crippen molar-refractivity contribution in [2.75, 3.05) is 32.8 Å². The molecule has 2 saturated heterocycles. The van der Waals surface area contributed by atoms with Crippen LogP contribution in [0.25, 0.3) is 0 Å². The summed E-state index contributed by atoms with van der Waals surface area (Å²) < 4.78 is 5.11. The van der Waals surface area contributed by atoms with Crippen molar-refractivity contribution in [3.05, 3.63) is 33.8 Å². The molecular formula is C21H28Cl2N2O3. The SMILES string of the molecule is CCOC(=O)C1CCN(C(=O)C2CCCN(Cc3c(Cl)cccc3Cl)C2)CC1. The molecule has 1 aromatic rings. The highest BCUT2D eigenvalue weighted by atomic mass is 35.5. The van der Waals surface area contributed by atoms with Crippen LogP contribution >= 0.6 is 23.2 Å². The summed E-state index contributed by atoms with van der Waals surface area (Å²) in [6, 6.07) is 5.54. The Morgan fingerprint density at radius 2 is 1.75 bits per heavy atom. The third-order valence-electron chi connectivity index (χ3n) is 5.72. The zero-order chi connectivity index (χ0) is 20.1. The van der Waals surface area contributed by atoms with Gasteiger partial charge in [0.25, 0.3) is 0 Å². The van der Waals surface area contributed by atoms with Crippen LogP contribution in [0.4, 0.5) is 0 Å². The number of rotatable bonds is 5. The predicted molar refractivity (Wildman–Crippen MR) is 110 cm³/mol. The molecule has 3 rings (SSSR count). The Bertz CT molecular complexity index is 685. The molecule has 0 radical (unpaired) electrons. The van der Waals surface area contributed by atoms with Crippen molar-refractivity contribution in [1.82, 2.24) is 9.80 Å². The summed E-state index contributed by atoms with van der Waals surface area (Å²) in [5.74, 6) is -0.00398. The van der Waals surface area contributed by atoms with Crippen molar-refractivity contribution in [3.63, 3.8) is 0 Å². The fraction of sp³-hybridized carbons (Fsp3) is 0.619. The van der Waals surface area contributed by atoms with Gasteiger partial charge in [-0.1, -0.05) is 29.3 Å². The molecule has 0 saturated carbocycles. The molecule has 1 aromatic carbocycles. The van der Waals surface area contributed by atoms with E-state index in [1.54, 1.807) is 0 Å². The number of hydrogen-bond donors (Lipinski definition) is 0. The first-order chi connectivity index (χ1) is 13.5. The minimum atomic E-state index is -0.130. The Balaban J connectivity index is 1.54. The predicted octanol–water partition coefficient (Wildman–Crippen LogP) is 4.01. The average molecular weight is 427 g/mol. The second-order valence-corrected chi connectivity index (χ2v) is 8.44. The maximum atomic E-state index is 13.0. The molecule has 0 bridgehead atoms. The fourth-order valence-electron chi connectivity index (χ4n) is 4.16. The zero-order valence-corrected chi connectivity index (χ0v) is 17.8. The summed E-state index contributed by atoms with van der Waals surface area (Å²) in [5.41, 5.74) is 0.925. The van der Waals surface area contributed by atoms with Gasteiger partial charge in [-0.05, 0) is 51.3 Å². The van der Waals surface area contributed by atoms with E-state index in [2.05, 4.69) is 4.90 Å². The van der Waals surface area contributed by atoms with Gasteiger partial charge in [0, 0.05) is 41.8 Å². The van der Waals surface area contributed by atoms with Crippen molar-refractivity contribution in [2.45, 2.75) is 39.2 Å². The molecule has 1 unspecified atom stereocenters. The molecule has 1 atom stereocenters. The van der Waals surface area contributed by atoms with Crippen LogP contribution in [0.3, 0.4) is 0 Å². The van der Waals surface area contributed by atoms with Gasteiger partial charge in [-0.15, -0.1) is 0 Å². The average Bonchev–Trinajstić information content (AvgIpc) is 2.71. The molecule has 0 N–H and O–H groups in total. The van der Waals surface area contributed by atoms with E-state index in [1.165, 1.54) is 0 Å². The van der Waals surface area contributed by atoms with Crippen LogP contribution in [0.5, 0.6) is 0 Å². The van der Waals surface area contributed by atoms with Gasteiger partial charge in [-0.25, -0.2) is 0 Å². The van der Waals surface area contributed by atoms with Crippen LogP contribution in [0.15, 0.2) is 18.2 Å².